The number of alkyl halides is 3. The van der Waals surface area contributed by atoms with E-state index < -0.39 is 0 Å². The van der Waals surface area contributed by atoms with Crippen LogP contribution in [0, 0.1) is 5.41 Å². The highest BCUT2D eigenvalue weighted by Gasteiger charge is 2.45. The van der Waals surface area contributed by atoms with Gasteiger partial charge in [0, 0.05) is 23.5 Å². The molecule has 0 aromatic rings. The Morgan fingerprint density at radius 1 is 1.65 bits per heavy atom. The summed E-state index contributed by atoms with van der Waals surface area (Å²) in [7, 11) is 0. The predicted octanol–water partition coefficient (Wildman–Crippen LogP) is 4.04. The second kappa shape index (κ2) is 6.07. The van der Waals surface area contributed by atoms with E-state index in [0.29, 0.717) is 5.33 Å². The third kappa shape index (κ3) is 3.48. The molecular weight excluding hydrogens is 371 g/mol. The fraction of sp³-hybridized carbons (Fsp3) is 0.750. The van der Waals surface area contributed by atoms with Crippen LogP contribution in [0.4, 0.5) is 0 Å². The second-order valence-electron chi connectivity index (χ2n) is 4.84. The van der Waals surface area contributed by atoms with Crippen molar-refractivity contribution in [1.82, 2.24) is 0 Å². The summed E-state index contributed by atoms with van der Waals surface area (Å²) in [6, 6.07) is 0. The SMILES string of the molecule is CC(=O)O[C@H]1C[C@@H](Br)C(C)(C)[C@H](Cl)/C1=C\CBr. The Labute approximate surface area is 124 Å². The molecule has 1 aliphatic rings. The van der Waals surface area contributed by atoms with Gasteiger partial charge < -0.3 is 4.74 Å². The smallest absolute Gasteiger partial charge is 0.303 e. The normalized spacial score (nSPS) is 34.7. The highest BCUT2D eigenvalue weighted by molar-refractivity contribution is 9.09. The zero-order valence-corrected chi connectivity index (χ0v) is 14.1. The molecule has 17 heavy (non-hydrogen) atoms. The summed E-state index contributed by atoms with van der Waals surface area (Å²) >= 11 is 13.5. The predicted molar refractivity (Wildman–Crippen MR) is 78.2 cm³/mol. The second-order valence-corrected chi connectivity index (χ2v) is 7.03. The third-order valence-corrected chi connectivity index (χ3v) is 5.86. The minimum atomic E-state index is -0.265. The average molecular weight is 389 g/mol. The van der Waals surface area contributed by atoms with E-state index in [1.807, 2.05) is 6.08 Å². The largest absolute Gasteiger partial charge is 0.458 e. The summed E-state index contributed by atoms with van der Waals surface area (Å²) < 4.78 is 5.35. The first-order valence-corrected chi connectivity index (χ1v) is 7.99. The topological polar surface area (TPSA) is 26.3 Å². The van der Waals surface area contributed by atoms with Crippen LogP contribution in [-0.2, 0) is 9.53 Å². The number of hydrogen-bond donors (Lipinski definition) is 0. The Balaban J connectivity index is 3.00. The van der Waals surface area contributed by atoms with Gasteiger partial charge in [0.05, 0.1) is 5.38 Å². The van der Waals surface area contributed by atoms with Gasteiger partial charge in [-0.2, -0.15) is 0 Å². The summed E-state index contributed by atoms with van der Waals surface area (Å²) in [6.45, 7) is 5.67. The number of halogens is 3. The van der Waals surface area contributed by atoms with Gasteiger partial charge in [0.2, 0.25) is 0 Å². The van der Waals surface area contributed by atoms with Crippen LogP contribution in [0.1, 0.15) is 27.2 Å². The molecule has 1 aliphatic carbocycles. The van der Waals surface area contributed by atoms with Gasteiger partial charge in [0.15, 0.2) is 0 Å². The van der Waals surface area contributed by atoms with Crippen LogP contribution in [0.25, 0.3) is 0 Å². The van der Waals surface area contributed by atoms with Crippen molar-refractivity contribution in [1.29, 1.82) is 0 Å². The van der Waals surface area contributed by atoms with Crippen LogP contribution in [0.5, 0.6) is 0 Å². The van der Waals surface area contributed by atoms with Crippen molar-refractivity contribution in [2.45, 2.75) is 43.5 Å². The van der Waals surface area contributed by atoms with E-state index in [4.69, 9.17) is 16.3 Å². The van der Waals surface area contributed by atoms with Crippen molar-refractivity contribution < 1.29 is 9.53 Å². The highest BCUT2D eigenvalue weighted by Crippen LogP contribution is 2.46. The van der Waals surface area contributed by atoms with E-state index in [-0.39, 0.29) is 27.7 Å². The Morgan fingerprint density at radius 2 is 2.24 bits per heavy atom. The molecule has 1 rings (SSSR count). The number of esters is 1. The molecule has 0 N–H and O–H groups in total. The van der Waals surface area contributed by atoms with Crippen molar-refractivity contribution >= 4 is 49.4 Å². The van der Waals surface area contributed by atoms with Crippen LogP contribution >= 0.6 is 43.5 Å². The molecule has 0 bridgehead atoms. The summed E-state index contributed by atoms with van der Waals surface area (Å²) in [6.07, 6.45) is 2.55. The molecule has 0 aromatic heterocycles. The van der Waals surface area contributed by atoms with Gasteiger partial charge in [-0.25, -0.2) is 0 Å². The summed E-state index contributed by atoms with van der Waals surface area (Å²) in [5.74, 6) is -0.265. The van der Waals surface area contributed by atoms with Crippen molar-refractivity contribution in [2.75, 3.05) is 5.33 Å². The van der Waals surface area contributed by atoms with Crippen LogP contribution < -0.4 is 0 Å². The molecule has 2 nitrogen and oxygen atoms in total. The zero-order chi connectivity index (χ0) is 13.2. The van der Waals surface area contributed by atoms with E-state index in [2.05, 4.69) is 45.7 Å². The Kier molecular flexibility index (Phi) is 5.54. The molecule has 5 heteroatoms. The van der Waals surface area contributed by atoms with E-state index in [1.54, 1.807) is 0 Å². The van der Waals surface area contributed by atoms with Gasteiger partial charge in [-0.1, -0.05) is 51.8 Å². The Morgan fingerprint density at radius 3 is 2.71 bits per heavy atom. The Bertz CT molecular complexity index is 328. The van der Waals surface area contributed by atoms with Crippen molar-refractivity contribution in [3.05, 3.63) is 11.6 Å². The maximum Gasteiger partial charge on any atom is 0.303 e. The molecule has 0 aliphatic heterocycles. The monoisotopic (exact) mass is 386 g/mol. The molecule has 0 saturated heterocycles. The molecule has 0 amide bonds. The summed E-state index contributed by atoms with van der Waals surface area (Å²) in [5.41, 5.74) is 0.936. The van der Waals surface area contributed by atoms with E-state index in [0.717, 1.165) is 12.0 Å². The number of carbonyl (C=O) groups excluding carboxylic acids is 1. The average Bonchev–Trinajstić information content (AvgIpc) is 2.21. The number of rotatable bonds is 2. The molecule has 1 fully saturated rings. The minimum Gasteiger partial charge on any atom is -0.458 e. The van der Waals surface area contributed by atoms with Gasteiger partial charge in [-0.05, 0) is 11.0 Å². The van der Waals surface area contributed by atoms with Gasteiger partial charge in [-0.15, -0.1) is 11.6 Å². The van der Waals surface area contributed by atoms with Crippen LogP contribution in [-0.4, -0.2) is 27.6 Å². The molecule has 0 heterocycles. The van der Waals surface area contributed by atoms with Crippen LogP contribution in [0.2, 0.25) is 0 Å². The van der Waals surface area contributed by atoms with Crippen LogP contribution in [0.15, 0.2) is 11.6 Å². The minimum absolute atomic E-state index is 0.0633. The molecule has 0 spiro atoms. The maximum absolute atomic E-state index is 11.1. The Hall–Kier alpha value is 0.460. The van der Waals surface area contributed by atoms with E-state index >= 15 is 0 Å². The molecule has 0 unspecified atom stereocenters. The van der Waals surface area contributed by atoms with Gasteiger partial charge in [0.1, 0.15) is 6.10 Å². The summed E-state index contributed by atoms with van der Waals surface area (Å²) in [4.78, 5) is 11.3. The lowest BCUT2D eigenvalue weighted by Gasteiger charge is -2.44. The lowest BCUT2D eigenvalue weighted by Crippen LogP contribution is -2.46. The van der Waals surface area contributed by atoms with Gasteiger partial charge in [0.25, 0.3) is 0 Å². The van der Waals surface area contributed by atoms with Crippen molar-refractivity contribution in [2.24, 2.45) is 5.41 Å². The number of allylic oxidation sites excluding steroid dienone is 1. The standard InChI is InChI=1S/C12H17Br2ClO2/c1-7(16)17-9-6-10(14)12(2,3)11(15)8(9)4-5-13/h4,9-11H,5-6H2,1-3H3/b8-4-/t9-,10+,11+/m0/s1. The fourth-order valence-corrected chi connectivity index (χ4v) is 3.53. The quantitative estimate of drug-likeness (QED) is 0.405. The fourth-order valence-electron chi connectivity index (χ4n) is 2.02. The lowest BCUT2D eigenvalue weighted by atomic mass is 9.73. The molecule has 0 aromatic carbocycles. The van der Waals surface area contributed by atoms with Gasteiger partial charge in [-0.3, -0.25) is 4.79 Å². The molecule has 1 saturated carbocycles. The molecule has 98 valence electrons. The molecule has 0 radical (unpaired) electrons. The van der Waals surface area contributed by atoms with Crippen molar-refractivity contribution in [3.8, 4) is 0 Å². The van der Waals surface area contributed by atoms with Gasteiger partial charge >= 0.3 is 5.97 Å². The lowest BCUT2D eigenvalue weighted by molar-refractivity contribution is -0.145. The maximum atomic E-state index is 11.1. The highest BCUT2D eigenvalue weighted by atomic mass is 79.9. The van der Waals surface area contributed by atoms with E-state index in [1.165, 1.54) is 6.92 Å². The van der Waals surface area contributed by atoms with E-state index in [9.17, 15) is 4.79 Å². The molecule has 3 atom stereocenters. The zero-order valence-electron chi connectivity index (χ0n) is 10.2. The third-order valence-electron chi connectivity index (χ3n) is 3.17. The number of carbonyl (C=O) groups is 1. The number of hydrogen-bond acceptors (Lipinski definition) is 2. The molecular formula is C12H17Br2ClO2. The number of ether oxygens (including phenoxy) is 1. The first kappa shape index (κ1) is 15.5. The summed E-state index contributed by atoms with van der Waals surface area (Å²) in [5, 5.41) is 0.578. The first-order chi connectivity index (χ1) is 7.80. The van der Waals surface area contributed by atoms with Crippen LogP contribution in [0.3, 0.4) is 0 Å². The first-order valence-electron chi connectivity index (χ1n) is 5.52. The van der Waals surface area contributed by atoms with Crippen molar-refractivity contribution in [3.63, 3.8) is 0 Å².